The molecule has 2 unspecified atom stereocenters. The van der Waals surface area contributed by atoms with E-state index in [1.165, 1.54) is 289 Å². The molecule has 3 N–H and O–H groups in total. The molecule has 0 heterocycles. The maximum absolute atomic E-state index is 12.5. The van der Waals surface area contributed by atoms with Gasteiger partial charge in [-0.05, 0) is 64.2 Å². The number of esters is 1. The van der Waals surface area contributed by atoms with E-state index >= 15 is 0 Å². The topological polar surface area (TPSA) is 95.9 Å². The van der Waals surface area contributed by atoms with Crippen molar-refractivity contribution in [3.63, 3.8) is 0 Å². The smallest absolute Gasteiger partial charge is 0.305 e. The molecule has 0 radical (unpaired) electrons. The monoisotopic (exact) mass is 1050 g/mol. The molecule has 6 nitrogen and oxygen atoms in total. The Morgan fingerprint density at radius 3 is 1.03 bits per heavy atom. The van der Waals surface area contributed by atoms with E-state index in [-0.39, 0.29) is 18.5 Å². The van der Waals surface area contributed by atoms with Gasteiger partial charge in [0, 0.05) is 12.8 Å². The number of carbonyl (C=O) groups is 2. The maximum Gasteiger partial charge on any atom is 0.305 e. The van der Waals surface area contributed by atoms with E-state index in [2.05, 4.69) is 43.5 Å². The van der Waals surface area contributed by atoms with E-state index in [1.807, 2.05) is 6.08 Å². The summed E-state index contributed by atoms with van der Waals surface area (Å²) in [7, 11) is 0. The van der Waals surface area contributed by atoms with Crippen molar-refractivity contribution >= 4 is 11.9 Å². The molecule has 0 aromatic heterocycles. The quantitative estimate of drug-likeness (QED) is 0.0320. The van der Waals surface area contributed by atoms with Crippen LogP contribution >= 0.6 is 0 Å². The fraction of sp³-hybridized carbons (Fsp3) is 0.884. The summed E-state index contributed by atoms with van der Waals surface area (Å²) in [5.74, 6) is -0.0625. The highest BCUT2D eigenvalue weighted by atomic mass is 16.5. The molecule has 0 spiro atoms. The number of carbonyl (C=O) groups excluding carboxylic acids is 2. The minimum absolute atomic E-state index is 0.00183. The average Bonchev–Trinajstić information content (AvgIpc) is 3.41. The lowest BCUT2D eigenvalue weighted by molar-refractivity contribution is -0.143. The zero-order chi connectivity index (χ0) is 54.3. The number of amides is 1. The molecule has 0 aliphatic heterocycles. The minimum atomic E-state index is -0.844. The van der Waals surface area contributed by atoms with Crippen LogP contribution in [0.1, 0.15) is 367 Å². The van der Waals surface area contributed by atoms with Crippen molar-refractivity contribution in [2.45, 2.75) is 379 Å². The number of rotatable bonds is 63. The van der Waals surface area contributed by atoms with Crippen molar-refractivity contribution in [2.24, 2.45) is 0 Å². The molecule has 0 aliphatic rings. The number of allylic oxidation sites excluding steroid dienone is 5. The summed E-state index contributed by atoms with van der Waals surface area (Å²) in [5, 5.41) is 23.2. The lowest BCUT2D eigenvalue weighted by Gasteiger charge is -2.20. The van der Waals surface area contributed by atoms with Gasteiger partial charge in [-0.3, -0.25) is 9.59 Å². The Morgan fingerprint density at radius 1 is 0.373 bits per heavy atom. The van der Waals surface area contributed by atoms with Crippen molar-refractivity contribution in [2.75, 3.05) is 13.2 Å². The molecule has 0 aromatic carbocycles. The Morgan fingerprint density at radius 2 is 0.667 bits per heavy atom. The fourth-order valence-electron chi connectivity index (χ4n) is 10.5. The number of nitrogens with one attached hydrogen (secondary N) is 1. The second-order valence-electron chi connectivity index (χ2n) is 23.2. The van der Waals surface area contributed by atoms with Crippen LogP contribution in [0.2, 0.25) is 0 Å². The van der Waals surface area contributed by atoms with Crippen LogP contribution in [0.25, 0.3) is 0 Å². The van der Waals surface area contributed by atoms with Gasteiger partial charge in [-0.15, -0.1) is 0 Å². The molecule has 0 rings (SSSR count). The number of unbranched alkanes of at least 4 members (excludes halogenated alkanes) is 48. The van der Waals surface area contributed by atoms with E-state index in [0.717, 1.165) is 51.4 Å². The van der Waals surface area contributed by atoms with Crippen LogP contribution in [-0.4, -0.2) is 47.4 Å². The molecular formula is C69H131NO5. The third-order valence-corrected chi connectivity index (χ3v) is 15.7. The maximum atomic E-state index is 12.5. The SMILES string of the molecule is CCCCCC/C=C\C/C=C\CCCCCCCC(=O)OCCCCCCCCCCCCCCCCCCCCCCCCCCC(=O)NC(CO)C(O)/C=C/CCCCCCCCCCCCCCCCCC. The van der Waals surface area contributed by atoms with Gasteiger partial charge in [0.05, 0.1) is 25.4 Å². The van der Waals surface area contributed by atoms with Gasteiger partial charge in [-0.2, -0.15) is 0 Å². The lowest BCUT2D eigenvalue weighted by atomic mass is 10.0. The third-order valence-electron chi connectivity index (χ3n) is 15.7. The molecule has 6 heteroatoms. The molecule has 0 bridgehead atoms. The minimum Gasteiger partial charge on any atom is -0.466 e. The Kier molecular flexibility index (Phi) is 63.0. The third kappa shape index (κ3) is 61.2. The molecule has 1 amide bonds. The number of aliphatic hydroxyl groups is 2. The van der Waals surface area contributed by atoms with E-state index in [4.69, 9.17) is 4.74 Å². The second kappa shape index (κ2) is 64.6. The van der Waals surface area contributed by atoms with Crippen molar-refractivity contribution in [3.8, 4) is 0 Å². The molecule has 0 aromatic rings. The van der Waals surface area contributed by atoms with Gasteiger partial charge in [-0.1, -0.05) is 326 Å². The van der Waals surface area contributed by atoms with Gasteiger partial charge in [0.25, 0.3) is 0 Å². The predicted octanol–water partition coefficient (Wildman–Crippen LogP) is 21.5. The predicted molar refractivity (Wildman–Crippen MR) is 329 cm³/mol. The lowest BCUT2D eigenvalue weighted by Crippen LogP contribution is -2.45. The van der Waals surface area contributed by atoms with E-state index < -0.39 is 12.1 Å². The highest BCUT2D eigenvalue weighted by molar-refractivity contribution is 5.76. The number of hydrogen-bond acceptors (Lipinski definition) is 5. The number of hydrogen-bond donors (Lipinski definition) is 3. The number of ether oxygens (including phenoxy) is 1. The summed E-state index contributed by atoms with van der Waals surface area (Å²) in [5.41, 5.74) is 0. The fourth-order valence-corrected chi connectivity index (χ4v) is 10.5. The Labute approximate surface area is 468 Å². The van der Waals surface area contributed by atoms with Crippen LogP contribution in [0.4, 0.5) is 0 Å². The van der Waals surface area contributed by atoms with Gasteiger partial charge in [0.2, 0.25) is 5.91 Å². The first kappa shape index (κ1) is 73.1. The zero-order valence-electron chi connectivity index (χ0n) is 50.5. The molecular weight excluding hydrogens is 923 g/mol. The largest absolute Gasteiger partial charge is 0.466 e. The molecule has 0 saturated heterocycles. The Balaban J connectivity index is 3.39. The Bertz CT molecular complexity index is 1210. The first-order valence-corrected chi connectivity index (χ1v) is 33.8. The second-order valence-corrected chi connectivity index (χ2v) is 23.2. The first-order chi connectivity index (χ1) is 37.0. The van der Waals surface area contributed by atoms with Gasteiger partial charge < -0.3 is 20.3 Å². The average molecular weight is 1050 g/mol. The highest BCUT2D eigenvalue weighted by Crippen LogP contribution is 2.18. The van der Waals surface area contributed by atoms with Gasteiger partial charge >= 0.3 is 5.97 Å². The van der Waals surface area contributed by atoms with Crippen LogP contribution < -0.4 is 5.32 Å². The van der Waals surface area contributed by atoms with Crippen LogP contribution in [-0.2, 0) is 14.3 Å². The highest BCUT2D eigenvalue weighted by Gasteiger charge is 2.18. The molecule has 442 valence electrons. The summed E-state index contributed by atoms with van der Waals surface area (Å²) < 4.78 is 5.49. The summed E-state index contributed by atoms with van der Waals surface area (Å²) in [6, 6.07) is -0.628. The number of aliphatic hydroxyl groups excluding tert-OH is 2. The van der Waals surface area contributed by atoms with Crippen LogP contribution in [0.3, 0.4) is 0 Å². The van der Waals surface area contributed by atoms with Crippen LogP contribution in [0.5, 0.6) is 0 Å². The molecule has 0 aliphatic carbocycles. The van der Waals surface area contributed by atoms with Crippen molar-refractivity contribution in [1.29, 1.82) is 0 Å². The van der Waals surface area contributed by atoms with Crippen molar-refractivity contribution < 1.29 is 24.5 Å². The van der Waals surface area contributed by atoms with Gasteiger partial charge in [-0.25, -0.2) is 0 Å². The normalized spacial score (nSPS) is 12.7. The van der Waals surface area contributed by atoms with E-state index in [1.54, 1.807) is 6.08 Å². The van der Waals surface area contributed by atoms with Crippen molar-refractivity contribution in [3.05, 3.63) is 36.5 Å². The van der Waals surface area contributed by atoms with Crippen molar-refractivity contribution in [1.82, 2.24) is 5.32 Å². The Hall–Kier alpha value is -1.92. The van der Waals surface area contributed by atoms with Gasteiger partial charge in [0.1, 0.15) is 0 Å². The molecule has 2 atom stereocenters. The van der Waals surface area contributed by atoms with E-state index in [0.29, 0.717) is 19.4 Å². The van der Waals surface area contributed by atoms with E-state index in [9.17, 15) is 19.8 Å². The first-order valence-electron chi connectivity index (χ1n) is 33.8. The zero-order valence-corrected chi connectivity index (χ0v) is 50.5. The molecule has 0 fully saturated rings. The summed E-state index contributed by atoms with van der Waals surface area (Å²) in [6.07, 6.45) is 82.0. The van der Waals surface area contributed by atoms with Gasteiger partial charge in [0.15, 0.2) is 0 Å². The summed E-state index contributed by atoms with van der Waals surface area (Å²) in [6.45, 7) is 4.91. The summed E-state index contributed by atoms with van der Waals surface area (Å²) >= 11 is 0. The standard InChI is InChI=1S/C69H131NO5/c1-3-5-7-9-11-13-15-17-19-21-30-33-37-41-45-49-53-57-61-67(72)66(65-71)70-68(73)62-58-54-50-46-42-38-34-31-28-26-24-22-23-25-27-29-32-36-40-44-48-52-56-60-64-75-69(74)63-59-55-51-47-43-39-35-20-18-16-14-12-10-8-6-4-2/h14,16,20,35,57,61,66-67,71-72H,3-13,15,17-19,21-34,36-56,58-60,62-65H2,1-2H3,(H,70,73)/b16-14-,35-20-,61-57+. The molecule has 75 heavy (non-hydrogen) atoms. The molecule has 0 saturated carbocycles. The van der Waals surface area contributed by atoms with Crippen LogP contribution in [0.15, 0.2) is 36.5 Å². The summed E-state index contributed by atoms with van der Waals surface area (Å²) in [4.78, 5) is 24.6. The van der Waals surface area contributed by atoms with Crippen LogP contribution in [0, 0.1) is 0 Å².